The number of hydrogen-bond donors (Lipinski definition) is 10. The number of aliphatic hydroxyl groups is 5. The van der Waals surface area contributed by atoms with Gasteiger partial charge in [-0.3, -0.25) is 24.5 Å². The molecule has 2 aliphatic rings. The predicted molar refractivity (Wildman–Crippen MR) is 112 cm³/mol. The molecule has 2 saturated heterocycles. The molecule has 0 aromatic carbocycles. The van der Waals surface area contributed by atoms with Crippen molar-refractivity contribution in [2.45, 2.75) is 80.6 Å². The van der Waals surface area contributed by atoms with Crippen LogP contribution in [0.1, 0.15) is 26.2 Å². The summed E-state index contributed by atoms with van der Waals surface area (Å²) >= 11 is 0. The minimum atomic E-state index is -4.80. The van der Waals surface area contributed by atoms with Crippen LogP contribution in [0.5, 0.6) is 0 Å². The van der Waals surface area contributed by atoms with Gasteiger partial charge in [-0.05, 0) is 26.2 Å². The number of halogens is 2. The van der Waals surface area contributed by atoms with Crippen molar-refractivity contribution in [2.75, 3.05) is 13.2 Å². The van der Waals surface area contributed by atoms with Crippen LogP contribution in [0.4, 0.5) is 8.78 Å². The predicted octanol–water partition coefficient (Wildman–Crippen LogP) is -5.53. The molecular formula is C19H31F2N5O10. The molecule has 2 heterocycles. The number of ether oxygens (including phenoxy) is 1. The monoisotopic (exact) mass is 527 g/mol. The lowest BCUT2D eigenvalue weighted by Gasteiger charge is -2.47. The van der Waals surface area contributed by atoms with Gasteiger partial charge in [-0.2, -0.15) is 8.78 Å². The highest BCUT2D eigenvalue weighted by molar-refractivity contribution is 5.95. The second-order valence-electron chi connectivity index (χ2n) is 8.58. The maximum atomic E-state index is 14.7. The number of hydrogen-bond acceptors (Lipinski definition) is 11. The maximum Gasteiger partial charge on any atom is 0.379 e. The van der Waals surface area contributed by atoms with Crippen LogP contribution >= 0.6 is 0 Å². The zero-order chi connectivity index (χ0) is 27.4. The van der Waals surface area contributed by atoms with Gasteiger partial charge in [0.2, 0.25) is 11.8 Å². The summed E-state index contributed by atoms with van der Waals surface area (Å²) in [6.45, 7) is -0.0769. The molecule has 0 aromatic rings. The van der Waals surface area contributed by atoms with Crippen LogP contribution in [0.15, 0.2) is 0 Å². The fourth-order valence-electron chi connectivity index (χ4n) is 3.65. The number of primary amides is 1. The molecular weight excluding hydrogens is 496 g/mol. The third-order valence-electron chi connectivity index (χ3n) is 5.93. The van der Waals surface area contributed by atoms with Gasteiger partial charge in [0, 0.05) is 6.54 Å². The van der Waals surface area contributed by atoms with Gasteiger partial charge < -0.3 is 52.0 Å². The summed E-state index contributed by atoms with van der Waals surface area (Å²) in [4.78, 5) is 47.1. The van der Waals surface area contributed by atoms with Crippen molar-refractivity contribution in [1.82, 2.24) is 21.3 Å². The SMILES string of the molecule is C[C@H](NC(=O)[C@H]1NC(=O)[C@H](CCCCNC(=O)C(F)(F)[C@]2(O)O[C@H](CO)[C@H](O)[C@H](O)[C@H]2O)N1)C(N)=O. The number of rotatable bonds is 11. The standard InChI is InChI=1S/C19H31F2N5O10/c1-7(13(22)31)24-16(33)14-25-8(15(32)26-14)4-2-3-5-23-17(34)18(20,21)19(35)12(30)11(29)10(28)9(6-27)36-19/h7-12,14,25,27-30,35H,2-6H2,1H3,(H2,22,31)(H,23,34)(H,24,33)(H,26,32)/t7-,8-,9+,10-,11-,12+,14+,19+/m0/s1. The number of alkyl halides is 2. The zero-order valence-electron chi connectivity index (χ0n) is 19.2. The molecule has 2 rings (SSSR count). The quantitative estimate of drug-likeness (QED) is 0.113. The Morgan fingerprint density at radius 1 is 1.22 bits per heavy atom. The van der Waals surface area contributed by atoms with E-state index in [2.05, 4.69) is 20.7 Å². The van der Waals surface area contributed by atoms with Crippen molar-refractivity contribution in [3.8, 4) is 0 Å². The van der Waals surface area contributed by atoms with Gasteiger partial charge >= 0.3 is 5.92 Å². The summed E-state index contributed by atoms with van der Waals surface area (Å²) in [7, 11) is 0. The first-order valence-corrected chi connectivity index (χ1v) is 11.0. The van der Waals surface area contributed by atoms with Crippen LogP contribution in [0.25, 0.3) is 0 Å². The van der Waals surface area contributed by atoms with Gasteiger partial charge in [0.25, 0.3) is 17.6 Å². The second-order valence-corrected chi connectivity index (χ2v) is 8.58. The Morgan fingerprint density at radius 3 is 2.44 bits per heavy atom. The Morgan fingerprint density at radius 2 is 1.86 bits per heavy atom. The molecule has 17 heteroatoms. The Balaban J connectivity index is 1.82. The summed E-state index contributed by atoms with van der Waals surface area (Å²) in [5, 5.41) is 57.7. The van der Waals surface area contributed by atoms with Gasteiger partial charge in [-0.1, -0.05) is 0 Å². The normalized spacial score (nSPS) is 33.5. The lowest BCUT2D eigenvalue weighted by molar-refractivity contribution is -0.401. The third kappa shape index (κ3) is 6.05. The average Bonchev–Trinajstić information content (AvgIpc) is 3.19. The van der Waals surface area contributed by atoms with Crippen molar-refractivity contribution in [3.05, 3.63) is 0 Å². The van der Waals surface area contributed by atoms with E-state index >= 15 is 0 Å². The highest BCUT2D eigenvalue weighted by Crippen LogP contribution is 2.40. The number of carbonyl (C=O) groups is 4. The van der Waals surface area contributed by atoms with Crippen molar-refractivity contribution >= 4 is 23.6 Å². The minimum Gasteiger partial charge on any atom is -0.394 e. The van der Waals surface area contributed by atoms with Crippen LogP contribution in [0.3, 0.4) is 0 Å². The molecule has 0 spiro atoms. The minimum absolute atomic E-state index is 0.0886. The summed E-state index contributed by atoms with van der Waals surface area (Å²) in [5.41, 5.74) is 5.06. The van der Waals surface area contributed by atoms with E-state index in [9.17, 15) is 48.4 Å². The summed E-state index contributed by atoms with van der Waals surface area (Å²) < 4.78 is 33.8. The molecule has 11 N–H and O–H groups in total. The first-order chi connectivity index (χ1) is 16.7. The van der Waals surface area contributed by atoms with Crippen LogP contribution in [0.2, 0.25) is 0 Å². The average molecular weight is 527 g/mol. The number of carbonyl (C=O) groups excluding carboxylic acids is 4. The largest absolute Gasteiger partial charge is 0.394 e. The van der Waals surface area contributed by atoms with Gasteiger partial charge in [0.1, 0.15) is 30.5 Å². The first-order valence-electron chi connectivity index (χ1n) is 11.0. The number of aliphatic hydroxyl groups excluding tert-OH is 4. The van der Waals surface area contributed by atoms with Gasteiger partial charge in [-0.15, -0.1) is 0 Å². The summed E-state index contributed by atoms with van der Waals surface area (Å²) in [6.07, 6.45) is -9.66. The van der Waals surface area contributed by atoms with Crippen LogP contribution in [-0.2, 0) is 23.9 Å². The van der Waals surface area contributed by atoms with Crippen LogP contribution < -0.4 is 27.0 Å². The lowest BCUT2D eigenvalue weighted by atomic mass is 9.88. The highest BCUT2D eigenvalue weighted by Gasteiger charge is 2.69. The molecule has 4 amide bonds. The Labute approximate surface area is 203 Å². The van der Waals surface area contributed by atoms with E-state index in [-0.39, 0.29) is 25.8 Å². The lowest BCUT2D eigenvalue weighted by Crippen LogP contribution is -2.73. The number of nitrogens with two attached hydrogens (primary N) is 1. The van der Waals surface area contributed by atoms with E-state index in [1.807, 2.05) is 5.32 Å². The zero-order valence-corrected chi connectivity index (χ0v) is 19.2. The highest BCUT2D eigenvalue weighted by atomic mass is 19.3. The molecule has 2 fully saturated rings. The van der Waals surface area contributed by atoms with E-state index in [0.29, 0.717) is 0 Å². The van der Waals surface area contributed by atoms with Gasteiger partial charge in [-0.25, -0.2) is 0 Å². The van der Waals surface area contributed by atoms with Crippen molar-refractivity contribution in [3.63, 3.8) is 0 Å². The topological polar surface area (TPSA) is 253 Å². The van der Waals surface area contributed by atoms with Gasteiger partial charge in [0.05, 0.1) is 12.6 Å². The molecule has 2 aliphatic heterocycles. The Kier molecular flexibility index (Phi) is 9.63. The van der Waals surface area contributed by atoms with Crippen LogP contribution in [0, 0.1) is 0 Å². The van der Waals surface area contributed by atoms with E-state index in [0.717, 1.165) is 0 Å². The van der Waals surface area contributed by atoms with Gasteiger partial charge in [0.15, 0.2) is 6.17 Å². The number of unbranched alkanes of at least 4 members (excludes halogenated alkanes) is 1. The summed E-state index contributed by atoms with van der Waals surface area (Å²) in [6, 6.07) is -1.77. The molecule has 0 aliphatic carbocycles. The molecule has 15 nitrogen and oxygen atoms in total. The molecule has 0 radical (unpaired) electrons. The number of nitrogens with one attached hydrogen (secondary N) is 4. The molecule has 0 bridgehead atoms. The molecule has 0 saturated carbocycles. The molecule has 206 valence electrons. The van der Waals surface area contributed by atoms with Crippen molar-refractivity contribution in [1.29, 1.82) is 0 Å². The molecule has 0 unspecified atom stereocenters. The van der Waals surface area contributed by atoms with Crippen molar-refractivity contribution in [2.24, 2.45) is 5.73 Å². The van der Waals surface area contributed by atoms with E-state index in [1.165, 1.54) is 6.92 Å². The molecule has 36 heavy (non-hydrogen) atoms. The fourth-order valence-corrected chi connectivity index (χ4v) is 3.65. The van der Waals surface area contributed by atoms with Crippen LogP contribution in [-0.4, -0.2) is 117 Å². The first kappa shape index (κ1) is 29.7. The van der Waals surface area contributed by atoms with E-state index in [4.69, 9.17) is 10.8 Å². The van der Waals surface area contributed by atoms with E-state index < -0.39 is 84.6 Å². The molecule has 0 aromatic heterocycles. The Hall–Kier alpha value is -2.54. The number of amides is 4. The fraction of sp³-hybridized carbons (Fsp3) is 0.789. The van der Waals surface area contributed by atoms with E-state index in [1.54, 1.807) is 0 Å². The maximum absolute atomic E-state index is 14.7. The smallest absolute Gasteiger partial charge is 0.379 e. The molecule has 8 atom stereocenters. The second kappa shape index (κ2) is 11.7. The third-order valence-corrected chi connectivity index (χ3v) is 5.93. The van der Waals surface area contributed by atoms with Crippen molar-refractivity contribution < 1.29 is 58.2 Å². The Bertz CT molecular complexity index is 849. The summed E-state index contributed by atoms with van der Waals surface area (Å²) in [5.74, 6) is -12.7.